The molecule has 7 heteroatoms. The normalized spacial score (nSPS) is 19.4. The van der Waals surface area contributed by atoms with Crippen LogP contribution in [-0.4, -0.2) is 57.9 Å². The van der Waals surface area contributed by atoms with Crippen molar-refractivity contribution in [2.24, 2.45) is 0 Å². The minimum Gasteiger partial charge on any atom is -0.479 e. The molecule has 138 valence electrons. The van der Waals surface area contributed by atoms with Crippen LogP contribution in [0.2, 0.25) is 0 Å². The molecule has 1 saturated heterocycles. The lowest BCUT2D eigenvalue weighted by Crippen LogP contribution is -2.37. The van der Waals surface area contributed by atoms with Crippen molar-refractivity contribution < 1.29 is 19.4 Å². The van der Waals surface area contributed by atoms with E-state index in [1.807, 2.05) is 36.4 Å². The SMILES string of the molecule is CN(CCCc1cc(-c2ccccc2)n[nH]1)C(=O)[C@@H]1CC[C@H](C(=O)O)O1. The number of rotatable bonds is 7. The number of aliphatic carboxylic acids is 1. The molecule has 2 atom stereocenters. The first-order chi connectivity index (χ1) is 12.5. The van der Waals surface area contributed by atoms with Crippen LogP contribution in [0.5, 0.6) is 0 Å². The molecule has 1 aliphatic rings. The number of carbonyl (C=O) groups is 2. The Kier molecular flexibility index (Phi) is 5.68. The number of aromatic amines is 1. The molecule has 0 aliphatic carbocycles. The summed E-state index contributed by atoms with van der Waals surface area (Å²) in [6.07, 6.45) is 0.905. The molecule has 2 heterocycles. The maximum atomic E-state index is 12.3. The van der Waals surface area contributed by atoms with Gasteiger partial charge in [-0.2, -0.15) is 5.10 Å². The van der Waals surface area contributed by atoms with Gasteiger partial charge in [0.25, 0.3) is 5.91 Å². The summed E-state index contributed by atoms with van der Waals surface area (Å²) in [5.74, 6) is -1.15. The number of carboxylic acids is 1. The predicted molar refractivity (Wildman–Crippen MR) is 95.5 cm³/mol. The highest BCUT2D eigenvalue weighted by atomic mass is 16.5. The Hall–Kier alpha value is -2.67. The van der Waals surface area contributed by atoms with E-state index in [4.69, 9.17) is 9.84 Å². The van der Waals surface area contributed by atoms with E-state index in [0.717, 1.165) is 29.8 Å². The molecule has 26 heavy (non-hydrogen) atoms. The number of amides is 1. The summed E-state index contributed by atoms with van der Waals surface area (Å²) in [7, 11) is 1.72. The van der Waals surface area contributed by atoms with E-state index in [2.05, 4.69) is 10.2 Å². The third-order valence-electron chi connectivity index (χ3n) is 4.59. The molecule has 1 aliphatic heterocycles. The molecule has 1 aromatic heterocycles. The van der Waals surface area contributed by atoms with Gasteiger partial charge in [-0.3, -0.25) is 9.89 Å². The highest BCUT2D eigenvalue weighted by molar-refractivity contribution is 5.82. The molecule has 1 aromatic carbocycles. The van der Waals surface area contributed by atoms with E-state index in [9.17, 15) is 9.59 Å². The highest BCUT2D eigenvalue weighted by Gasteiger charge is 2.35. The van der Waals surface area contributed by atoms with Crippen LogP contribution in [0.25, 0.3) is 11.3 Å². The number of aryl methyl sites for hydroxylation is 1. The van der Waals surface area contributed by atoms with E-state index in [0.29, 0.717) is 19.4 Å². The van der Waals surface area contributed by atoms with Crippen molar-refractivity contribution in [3.8, 4) is 11.3 Å². The number of carbonyl (C=O) groups excluding carboxylic acids is 1. The lowest BCUT2D eigenvalue weighted by Gasteiger charge is -2.20. The fraction of sp³-hybridized carbons (Fsp3) is 0.421. The Morgan fingerprint density at radius 2 is 2.00 bits per heavy atom. The van der Waals surface area contributed by atoms with Gasteiger partial charge >= 0.3 is 5.97 Å². The number of ether oxygens (including phenoxy) is 1. The van der Waals surface area contributed by atoms with Gasteiger partial charge in [-0.1, -0.05) is 30.3 Å². The van der Waals surface area contributed by atoms with E-state index in [-0.39, 0.29) is 5.91 Å². The number of carboxylic acid groups (broad SMARTS) is 1. The number of nitrogens with one attached hydrogen (secondary N) is 1. The van der Waals surface area contributed by atoms with Gasteiger partial charge in [-0.05, 0) is 31.7 Å². The number of aromatic nitrogens is 2. The van der Waals surface area contributed by atoms with Gasteiger partial charge in [-0.15, -0.1) is 0 Å². The summed E-state index contributed by atoms with van der Waals surface area (Å²) in [4.78, 5) is 24.9. The summed E-state index contributed by atoms with van der Waals surface area (Å²) in [5.41, 5.74) is 2.99. The highest BCUT2D eigenvalue weighted by Crippen LogP contribution is 2.22. The molecule has 1 fully saturated rings. The van der Waals surface area contributed by atoms with E-state index in [1.54, 1.807) is 11.9 Å². The fourth-order valence-corrected chi connectivity index (χ4v) is 3.11. The van der Waals surface area contributed by atoms with Crippen LogP contribution in [0, 0.1) is 0 Å². The molecule has 0 radical (unpaired) electrons. The molecule has 0 saturated carbocycles. The molecule has 0 spiro atoms. The summed E-state index contributed by atoms with van der Waals surface area (Å²) in [6.45, 7) is 0.579. The molecule has 2 N–H and O–H groups in total. The van der Waals surface area contributed by atoms with Gasteiger partial charge in [0.05, 0.1) is 5.69 Å². The number of benzene rings is 1. The van der Waals surface area contributed by atoms with Crippen molar-refractivity contribution in [3.05, 3.63) is 42.1 Å². The Morgan fingerprint density at radius 1 is 1.27 bits per heavy atom. The minimum absolute atomic E-state index is 0.150. The first-order valence-corrected chi connectivity index (χ1v) is 8.77. The standard InChI is InChI=1S/C19H23N3O4/c1-22(18(23)16-9-10-17(26-16)19(24)25)11-5-8-14-12-15(21-20-14)13-6-3-2-4-7-13/h2-4,6-7,12,16-17H,5,8-11H2,1H3,(H,20,21)(H,24,25)/t16-,17+/m0/s1. The van der Waals surface area contributed by atoms with E-state index in [1.165, 1.54) is 0 Å². The average Bonchev–Trinajstić information content (AvgIpc) is 3.31. The van der Waals surface area contributed by atoms with Gasteiger partial charge < -0.3 is 14.7 Å². The molecular formula is C19H23N3O4. The zero-order valence-corrected chi connectivity index (χ0v) is 14.7. The van der Waals surface area contributed by atoms with Crippen LogP contribution in [0.3, 0.4) is 0 Å². The Bertz CT molecular complexity index is 759. The number of hydrogen-bond acceptors (Lipinski definition) is 4. The van der Waals surface area contributed by atoms with Gasteiger partial charge in [0.1, 0.15) is 6.10 Å². The lowest BCUT2D eigenvalue weighted by molar-refractivity contribution is -0.154. The second-order valence-electron chi connectivity index (χ2n) is 6.54. The second kappa shape index (κ2) is 8.14. The Balaban J connectivity index is 1.45. The molecule has 0 bridgehead atoms. The van der Waals surface area contributed by atoms with Crippen molar-refractivity contribution in [2.45, 2.75) is 37.9 Å². The van der Waals surface area contributed by atoms with Gasteiger partial charge in [-0.25, -0.2) is 4.79 Å². The van der Waals surface area contributed by atoms with Crippen LogP contribution in [0.4, 0.5) is 0 Å². The molecule has 2 aromatic rings. The minimum atomic E-state index is -1.00. The van der Waals surface area contributed by atoms with Gasteiger partial charge in [0.15, 0.2) is 6.10 Å². The van der Waals surface area contributed by atoms with Gasteiger partial charge in [0, 0.05) is 24.8 Å². The molecular weight excluding hydrogens is 334 g/mol. The van der Waals surface area contributed by atoms with Crippen molar-refractivity contribution >= 4 is 11.9 Å². The van der Waals surface area contributed by atoms with Crippen molar-refractivity contribution in [1.82, 2.24) is 15.1 Å². The molecule has 7 nitrogen and oxygen atoms in total. The smallest absolute Gasteiger partial charge is 0.332 e. The maximum absolute atomic E-state index is 12.3. The number of H-pyrrole nitrogens is 1. The molecule has 3 rings (SSSR count). The van der Waals surface area contributed by atoms with Crippen LogP contribution < -0.4 is 0 Å². The topological polar surface area (TPSA) is 95.5 Å². The second-order valence-corrected chi connectivity index (χ2v) is 6.54. The Morgan fingerprint density at radius 3 is 2.69 bits per heavy atom. The summed E-state index contributed by atoms with van der Waals surface area (Å²) in [6, 6.07) is 12.0. The van der Waals surface area contributed by atoms with Crippen LogP contribution in [-0.2, 0) is 20.7 Å². The number of likely N-dealkylation sites (N-methyl/N-ethyl adjacent to an activating group) is 1. The first kappa shape index (κ1) is 18.1. The third-order valence-corrected chi connectivity index (χ3v) is 4.59. The summed E-state index contributed by atoms with van der Waals surface area (Å²) in [5, 5.41) is 16.3. The number of nitrogens with zero attached hydrogens (tertiary/aromatic N) is 2. The predicted octanol–water partition coefficient (Wildman–Crippen LogP) is 2.10. The van der Waals surface area contributed by atoms with E-state index >= 15 is 0 Å². The van der Waals surface area contributed by atoms with E-state index < -0.39 is 18.2 Å². The van der Waals surface area contributed by atoms with Crippen molar-refractivity contribution in [3.63, 3.8) is 0 Å². The van der Waals surface area contributed by atoms with Crippen molar-refractivity contribution in [2.75, 3.05) is 13.6 Å². The average molecular weight is 357 g/mol. The van der Waals surface area contributed by atoms with Crippen LogP contribution in [0.1, 0.15) is 25.0 Å². The lowest BCUT2D eigenvalue weighted by atomic mass is 10.1. The Labute approximate surface area is 152 Å². The largest absolute Gasteiger partial charge is 0.479 e. The molecule has 0 unspecified atom stereocenters. The third kappa shape index (κ3) is 4.29. The quantitative estimate of drug-likeness (QED) is 0.791. The maximum Gasteiger partial charge on any atom is 0.332 e. The zero-order valence-electron chi connectivity index (χ0n) is 14.7. The fourth-order valence-electron chi connectivity index (χ4n) is 3.11. The summed E-state index contributed by atoms with van der Waals surface area (Å²) < 4.78 is 5.32. The number of hydrogen-bond donors (Lipinski definition) is 2. The van der Waals surface area contributed by atoms with Crippen LogP contribution in [0.15, 0.2) is 36.4 Å². The van der Waals surface area contributed by atoms with Gasteiger partial charge in [0.2, 0.25) is 0 Å². The zero-order chi connectivity index (χ0) is 18.5. The van der Waals surface area contributed by atoms with Crippen LogP contribution >= 0.6 is 0 Å². The van der Waals surface area contributed by atoms with Crippen molar-refractivity contribution in [1.29, 1.82) is 0 Å². The monoisotopic (exact) mass is 357 g/mol. The first-order valence-electron chi connectivity index (χ1n) is 8.77. The summed E-state index contributed by atoms with van der Waals surface area (Å²) >= 11 is 0. The molecule has 1 amide bonds.